The largest absolute Gasteiger partial charge is 0.497 e. The number of likely N-dealkylation sites (tertiary alicyclic amines) is 1. The van der Waals surface area contributed by atoms with Crippen molar-refractivity contribution in [2.75, 3.05) is 20.2 Å². The molecule has 5 nitrogen and oxygen atoms in total. The van der Waals surface area contributed by atoms with Crippen molar-refractivity contribution in [1.82, 2.24) is 9.88 Å². The van der Waals surface area contributed by atoms with Crippen molar-refractivity contribution < 1.29 is 14.3 Å². The first-order valence-electron chi connectivity index (χ1n) is 8.16. The highest BCUT2D eigenvalue weighted by Gasteiger charge is 2.28. The number of methoxy groups -OCH3 is 1. The molecule has 1 aromatic heterocycles. The smallest absolute Gasteiger partial charge is 0.255 e. The highest BCUT2D eigenvalue weighted by atomic mass is 79.9. The molecule has 1 saturated heterocycles. The van der Waals surface area contributed by atoms with Gasteiger partial charge < -0.3 is 9.64 Å². The van der Waals surface area contributed by atoms with E-state index in [1.54, 1.807) is 54.7 Å². The van der Waals surface area contributed by atoms with Gasteiger partial charge in [-0.1, -0.05) is 0 Å². The first kappa shape index (κ1) is 17.6. The van der Waals surface area contributed by atoms with Crippen molar-refractivity contribution in [2.24, 2.45) is 5.92 Å². The minimum absolute atomic E-state index is 0.0378. The molecule has 0 radical (unpaired) electrons. The van der Waals surface area contributed by atoms with Crippen molar-refractivity contribution in [3.63, 3.8) is 0 Å². The van der Waals surface area contributed by atoms with Crippen LogP contribution in [0.25, 0.3) is 0 Å². The number of benzene rings is 1. The Kier molecular flexibility index (Phi) is 5.48. The van der Waals surface area contributed by atoms with E-state index in [1.807, 2.05) is 0 Å². The standard InChI is InChI=1S/C19H19BrN2O3/c1-25-17-4-2-13(3-5-17)18(23)14-6-8-22(9-7-14)19(24)15-10-16(20)12-21-11-15/h2-5,10-12,14H,6-9H2,1H3. The van der Waals surface area contributed by atoms with Crippen molar-refractivity contribution in [3.8, 4) is 5.75 Å². The molecule has 1 aliphatic rings. The molecule has 2 aromatic rings. The number of hydrogen-bond acceptors (Lipinski definition) is 4. The predicted molar refractivity (Wildman–Crippen MR) is 97.9 cm³/mol. The second-order valence-corrected chi connectivity index (χ2v) is 6.97. The van der Waals surface area contributed by atoms with Crippen molar-refractivity contribution in [1.29, 1.82) is 0 Å². The van der Waals surface area contributed by atoms with Gasteiger partial charge in [0.05, 0.1) is 12.7 Å². The Morgan fingerprint density at radius 1 is 1.12 bits per heavy atom. The Morgan fingerprint density at radius 3 is 2.40 bits per heavy atom. The normalized spacial score (nSPS) is 15.0. The van der Waals surface area contributed by atoms with Gasteiger partial charge in [-0.25, -0.2) is 0 Å². The number of piperidine rings is 1. The summed E-state index contributed by atoms with van der Waals surface area (Å²) in [7, 11) is 1.60. The highest BCUT2D eigenvalue weighted by Crippen LogP contribution is 2.24. The summed E-state index contributed by atoms with van der Waals surface area (Å²) in [5.41, 5.74) is 1.26. The summed E-state index contributed by atoms with van der Waals surface area (Å²) in [6.07, 6.45) is 4.58. The molecule has 1 aromatic carbocycles. The molecule has 0 N–H and O–H groups in total. The van der Waals surface area contributed by atoms with Gasteiger partial charge in [-0.2, -0.15) is 0 Å². The number of aromatic nitrogens is 1. The summed E-state index contributed by atoms with van der Waals surface area (Å²) in [6, 6.07) is 8.96. The lowest BCUT2D eigenvalue weighted by Crippen LogP contribution is -2.40. The van der Waals surface area contributed by atoms with Gasteiger partial charge in [-0.15, -0.1) is 0 Å². The number of amides is 1. The third-order valence-electron chi connectivity index (χ3n) is 4.48. The molecule has 1 aliphatic heterocycles. The summed E-state index contributed by atoms with van der Waals surface area (Å²) < 4.78 is 5.90. The van der Waals surface area contributed by atoms with Crippen LogP contribution in [0.3, 0.4) is 0 Å². The van der Waals surface area contributed by atoms with Crippen molar-refractivity contribution in [2.45, 2.75) is 12.8 Å². The van der Waals surface area contributed by atoms with Crippen molar-refractivity contribution in [3.05, 3.63) is 58.3 Å². The van der Waals surface area contributed by atoms with Crippen LogP contribution in [0.4, 0.5) is 0 Å². The Labute approximate surface area is 155 Å². The van der Waals surface area contributed by atoms with Crippen molar-refractivity contribution >= 4 is 27.6 Å². The van der Waals surface area contributed by atoms with Gasteiger partial charge >= 0.3 is 0 Å². The second kappa shape index (κ2) is 7.78. The fourth-order valence-electron chi connectivity index (χ4n) is 3.05. The summed E-state index contributed by atoms with van der Waals surface area (Å²) in [5.74, 6) is 0.792. The SMILES string of the molecule is COc1ccc(C(=O)C2CCN(C(=O)c3cncc(Br)c3)CC2)cc1. The summed E-state index contributed by atoms with van der Waals surface area (Å²) >= 11 is 3.33. The van der Waals surface area contributed by atoms with E-state index in [0.29, 0.717) is 37.1 Å². The van der Waals surface area contributed by atoms with E-state index in [9.17, 15) is 9.59 Å². The minimum atomic E-state index is -0.0434. The lowest BCUT2D eigenvalue weighted by molar-refractivity contribution is 0.0650. The number of nitrogens with zero attached hydrogens (tertiary/aromatic N) is 2. The number of carbonyl (C=O) groups is 2. The van der Waals surface area contributed by atoms with Crippen LogP contribution in [0.15, 0.2) is 47.2 Å². The van der Waals surface area contributed by atoms with Crippen LogP contribution < -0.4 is 4.74 Å². The van der Waals surface area contributed by atoms with Gasteiger partial charge in [0.2, 0.25) is 0 Å². The molecule has 0 spiro atoms. The van der Waals surface area contributed by atoms with E-state index in [0.717, 1.165) is 10.2 Å². The topological polar surface area (TPSA) is 59.5 Å². The zero-order valence-corrected chi connectivity index (χ0v) is 15.5. The van der Waals surface area contributed by atoms with E-state index in [1.165, 1.54) is 0 Å². The van der Waals surface area contributed by atoms with Gasteiger partial charge in [0.15, 0.2) is 5.78 Å². The van der Waals surface area contributed by atoms with E-state index in [-0.39, 0.29) is 17.6 Å². The van der Waals surface area contributed by atoms with Crippen LogP contribution in [-0.2, 0) is 0 Å². The van der Waals surface area contributed by atoms with Gasteiger partial charge in [0.25, 0.3) is 5.91 Å². The second-order valence-electron chi connectivity index (χ2n) is 6.05. The number of carbonyl (C=O) groups excluding carboxylic acids is 2. The van der Waals surface area contributed by atoms with Gasteiger partial charge in [-0.05, 0) is 59.1 Å². The van der Waals surface area contributed by atoms with Crippen LogP contribution in [-0.4, -0.2) is 41.8 Å². The fourth-order valence-corrected chi connectivity index (χ4v) is 3.41. The highest BCUT2D eigenvalue weighted by molar-refractivity contribution is 9.10. The molecule has 0 atom stereocenters. The van der Waals surface area contributed by atoms with E-state index in [2.05, 4.69) is 20.9 Å². The lowest BCUT2D eigenvalue weighted by Gasteiger charge is -2.31. The first-order chi connectivity index (χ1) is 12.1. The van der Waals surface area contributed by atoms with Crippen LogP contribution in [0.2, 0.25) is 0 Å². The Hall–Kier alpha value is -2.21. The maximum Gasteiger partial charge on any atom is 0.255 e. The number of hydrogen-bond donors (Lipinski definition) is 0. The van der Waals surface area contributed by atoms with Crippen LogP contribution in [0.5, 0.6) is 5.75 Å². The quantitative estimate of drug-likeness (QED) is 0.733. The number of pyridine rings is 1. The minimum Gasteiger partial charge on any atom is -0.497 e. The number of halogens is 1. The molecule has 1 amide bonds. The van der Waals surface area contributed by atoms with E-state index < -0.39 is 0 Å². The van der Waals surface area contributed by atoms with Gasteiger partial charge in [0, 0.05) is 41.4 Å². The lowest BCUT2D eigenvalue weighted by atomic mass is 9.88. The molecule has 0 unspecified atom stereocenters. The van der Waals surface area contributed by atoms with E-state index in [4.69, 9.17) is 4.74 Å². The molecular formula is C19H19BrN2O3. The Morgan fingerprint density at radius 2 is 1.80 bits per heavy atom. The molecule has 1 fully saturated rings. The average Bonchev–Trinajstić information content (AvgIpc) is 2.67. The van der Waals surface area contributed by atoms with E-state index >= 15 is 0 Å². The van der Waals surface area contributed by atoms with Crippen LogP contribution in [0, 0.1) is 5.92 Å². The molecule has 2 heterocycles. The van der Waals surface area contributed by atoms with Crippen LogP contribution in [0.1, 0.15) is 33.6 Å². The maximum absolute atomic E-state index is 12.6. The van der Waals surface area contributed by atoms with Gasteiger partial charge in [-0.3, -0.25) is 14.6 Å². The molecule has 25 heavy (non-hydrogen) atoms. The van der Waals surface area contributed by atoms with Crippen LogP contribution >= 0.6 is 15.9 Å². The molecule has 6 heteroatoms. The third-order valence-corrected chi connectivity index (χ3v) is 4.91. The maximum atomic E-state index is 12.6. The zero-order valence-electron chi connectivity index (χ0n) is 13.9. The molecule has 0 aliphatic carbocycles. The monoisotopic (exact) mass is 402 g/mol. The summed E-state index contributed by atoms with van der Waals surface area (Å²) in [6.45, 7) is 1.16. The zero-order chi connectivity index (χ0) is 17.8. The number of Topliss-reactive ketones (excluding diaryl/α,β-unsaturated/α-hetero) is 1. The molecule has 0 bridgehead atoms. The van der Waals surface area contributed by atoms with Gasteiger partial charge in [0.1, 0.15) is 5.75 Å². The number of ketones is 1. The number of ether oxygens (including phenoxy) is 1. The summed E-state index contributed by atoms with van der Waals surface area (Å²) in [5, 5.41) is 0. The summed E-state index contributed by atoms with van der Waals surface area (Å²) in [4.78, 5) is 31.0. The Bertz CT molecular complexity index is 768. The number of rotatable bonds is 4. The molecule has 0 saturated carbocycles. The fraction of sp³-hybridized carbons (Fsp3) is 0.316. The molecular weight excluding hydrogens is 384 g/mol. The first-order valence-corrected chi connectivity index (χ1v) is 8.96. The molecule has 130 valence electrons. The predicted octanol–water partition coefficient (Wildman–Crippen LogP) is 3.59. The molecule has 3 rings (SSSR count). The Balaban J connectivity index is 1.61. The average molecular weight is 403 g/mol. The third kappa shape index (κ3) is 4.07.